The van der Waals surface area contributed by atoms with Crippen LogP contribution in [0, 0.1) is 11.8 Å². The second-order valence-corrected chi connectivity index (χ2v) is 4.05. The Morgan fingerprint density at radius 1 is 1.58 bits per heavy atom. The molecule has 0 amide bonds. The first-order chi connectivity index (χ1) is 5.83. The van der Waals surface area contributed by atoms with Crippen LogP contribution in [-0.4, -0.2) is 11.2 Å². The summed E-state index contributed by atoms with van der Waals surface area (Å²) in [5, 5.41) is 0. The molecule has 0 atom stereocenters. The summed E-state index contributed by atoms with van der Waals surface area (Å²) in [5.74, 6) is 6.16. The van der Waals surface area contributed by atoms with Gasteiger partial charge in [-0.1, -0.05) is 0 Å². The van der Waals surface area contributed by atoms with Crippen molar-refractivity contribution in [2.45, 2.75) is 25.7 Å². The molecule has 1 nitrogen and oxygen atoms in total. The molecule has 12 heavy (non-hydrogen) atoms. The zero-order valence-corrected chi connectivity index (χ0v) is 10.2. The van der Waals surface area contributed by atoms with Crippen molar-refractivity contribution < 1.29 is 24.1 Å². The summed E-state index contributed by atoms with van der Waals surface area (Å²) in [6.07, 6.45) is 7.21. The first-order valence-corrected chi connectivity index (χ1v) is 5.58. The van der Waals surface area contributed by atoms with E-state index in [-0.39, 0.29) is 0 Å². The molecule has 0 aliphatic heterocycles. The Morgan fingerprint density at radius 2 is 2.42 bits per heavy atom. The first-order valence-electron chi connectivity index (χ1n) is 4.12. The van der Waals surface area contributed by atoms with E-state index in [1.165, 1.54) is 44.2 Å². The Bertz CT molecular complexity index is 255. The van der Waals surface area contributed by atoms with Crippen LogP contribution in [-0.2, 0) is 24.1 Å². The predicted molar refractivity (Wildman–Crippen MR) is 46.3 cm³/mol. The van der Waals surface area contributed by atoms with Crippen LogP contribution in [0.5, 0.6) is 0 Å². The molecule has 0 fully saturated rings. The number of ether oxygens (including phenoxy) is 1. The van der Waals surface area contributed by atoms with Crippen molar-refractivity contribution in [1.82, 2.24) is 0 Å². The van der Waals surface area contributed by atoms with Crippen molar-refractivity contribution in [3.63, 3.8) is 0 Å². The molecule has 1 aliphatic rings. The van der Waals surface area contributed by atoms with Gasteiger partial charge in [-0.15, -0.1) is 0 Å². The van der Waals surface area contributed by atoms with Gasteiger partial charge in [-0.05, 0) is 0 Å². The van der Waals surface area contributed by atoms with Crippen molar-refractivity contribution in [2.75, 3.05) is 7.11 Å². The molecule has 64 valence electrons. The molecule has 0 saturated carbocycles. The van der Waals surface area contributed by atoms with Gasteiger partial charge in [0, 0.05) is 0 Å². The molecule has 1 rings (SSSR count). The van der Waals surface area contributed by atoms with Crippen LogP contribution >= 0.6 is 0 Å². The molecule has 1 aliphatic carbocycles. The van der Waals surface area contributed by atoms with Gasteiger partial charge in [-0.3, -0.25) is 0 Å². The topological polar surface area (TPSA) is 9.23 Å². The zero-order valence-electron chi connectivity index (χ0n) is 7.22. The summed E-state index contributed by atoms with van der Waals surface area (Å²) in [7, 11) is 1.67. The maximum absolute atomic E-state index is 4.99. The summed E-state index contributed by atoms with van der Waals surface area (Å²) in [6, 6.07) is 0. The number of methoxy groups -OCH3 is 1. The van der Waals surface area contributed by atoms with E-state index in [0.29, 0.717) is 0 Å². The molecule has 0 unspecified atom stereocenters. The molecule has 0 saturated heterocycles. The fourth-order valence-corrected chi connectivity index (χ4v) is 1.32. The molecule has 0 heterocycles. The molecule has 0 bridgehead atoms. The summed E-state index contributed by atoms with van der Waals surface area (Å²) >= 11 is 1.30. The van der Waals surface area contributed by atoms with Gasteiger partial charge in [-0.25, -0.2) is 0 Å². The average molecular weight is 332 g/mol. The van der Waals surface area contributed by atoms with E-state index in [2.05, 4.69) is 17.9 Å². The van der Waals surface area contributed by atoms with Gasteiger partial charge in [0.1, 0.15) is 0 Å². The van der Waals surface area contributed by atoms with Gasteiger partial charge in [-0.2, -0.15) is 0 Å². The van der Waals surface area contributed by atoms with E-state index in [1.54, 1.807) is 7.11 Å². The second kappa shape index (κ2) is 5.46. The number of rotatable bonds is 1. The first kappa shape index (κ1) is 9.90. The van der Waals surface area contributed by atoms with Crippen molar-refractivity contribution >= 4 is 4.08 Å². The molecule has 0 aromatic rings. The van der Waals surface area contributed by atoms with E-state index in [0.717, 1.165) is 10.5 Å². The monoisotopic (exact) mass is 332 g/mol. The van der Waals surface area contributed by atoms with Gasteiger partial charge in [0.25, 0.3) is 0 Å². The van der Waals surface area contributed by atoms with Gasteiger partial charge in [0.15, 0.2) is 0 Å². The van der Waals surface area contributed by atoms with Crippen LogP contribution in [0.15, 0.2) is 11.6 Å². The number of hydrogen-bond donors (Lipinski definition) is 0. The van der Waals surface area contributed by atoms with Crippen LogP contribution in [0.2, 0.25) is 0 Å². The third-order valence-electron chi connectivity index (χ3n) is 1.80. The van der Waals surface area contributed by atoms with Crippen molar-refractivity contribution in [1.29, 1.82) is 0 Å². The quantitative estimate of drug-likeness (QED) is 0.666. The second-order valence-electron chi connectivity index (χ2n) is 2.72. The van der Waals surface area contributed by atoms with E-state index >= 15 is 0 Å². The summed E-state index contributed by atoms with van der Waals surface area (Å²) in [4.78, 5) is 0. The fraction of sp³-hybridized carbons (Fsp3) is 0.500. The van der Waals surface area contributed by atoms with Crippen molar-refractivity contribution in [3.8, 4) is 11.8 Å². The van der Waals surface area contributed by atoms with E-state index in [1.807, 2.05) is 0 Å². The Kier molecular flexibility index (Phi) is 4.51. The van der Waals surface area contributed by atoms with E-state index in [4.69, 9.17) is 4.74 Å². The third kappa shape index (κ3) is 3.48. The SMILES string of the molecule is CO[C](=[W])C#CC1=CCCCC1. The number of hydrogen-bond acceptors (Lipinski definition) is 1. The number of allylic oxidation sites excluding steroid dienone is 2. The normalized spacial score (nSPS) is 15.9. The molecular formula is C10H12OW. The zero-order chi connectivity index (χ0) is 8.81. The van der Waals surface area contributed by atoms with E-state index < -0.39 is 0 Å². The minimum absolute atomic E-state index is 0.876. The standard InChI is InChI=1S/C10H12O.W/c1-11-9-5-8-10-6-3-2-4-7-10;/h6H,2-4,7H2,1H3;. The minimum atomic E-state index is 0.876. The van der Waals surface area contributed by atoms with Crippen molar-refractivity contribution in [3.05, 3.63) is 11.6 Å². The molecule has 0 spiro atoms. The summed E-state index contributed by atoms with van der Waals surface area (Å²) < 4.78 is 5.87. The molecule has 0 aromatic carbocycles. The molecule has 0 aromatic heterocycles. The van der Waals surface area contributed by atoms with Crippen molar-refractivity contribution in [2.24, 2.45) is 0 Å². The van der Waals surface area contributed by atoms with Crippen LogP contribution in [0.4, 0.5) is 0 Å². The Morgan fingerprint density at radius 3 is 3.00 bits per heavy atom. The van der Waals surface area contributed by atoms with Gasteiger partial charge < -0.3 is 0 Å². The van der Waals surface area contributed by atoms with Gasteiger partial charge in [0.2, 0.25) is 0 Å². The molecule has 0 radical (unpaired) electrons. The van der Waals surface area contributed by atoms with Crippen LogP contribution in [0.3, 0.4) is 0 Å². The van der Waals surface area contributed by atoms with Crippen LogP contribution in [0.25, 0.3) is 0 Å². The Balaban J connectivity index is 2.52. The van der Waals surface area contributed by atoms with Gasteiger partial charge >= 0.3 is 84.5 Å². The maximum atomic E-state index is 4.99. The molecule has 0 N–H and O–H groups in total. The summed E-state index contributed by atoms with van der Waals surface area (Å²) in [5.41, 5.74) is 1.29. The Hall–Kier alpha value is -0.182. The van der Waals surface area contributed by atoms with Crippen LogP contribution < -0.4 is 0 Å². The fourth-order valence-electron chi connectivity index (χ4n) is 1.13. The Labute approximate surface area is 84.6 Å². The van der Waals surface area contributed by atoms with Gasteiger partial charge in [0.05, 0.1) is 0 Å². The van der Waals surface area contributed by atoms with Crippen LogP contribution in [0.1, 0.15) is 25.7 Å². The average Bonchev–Trinajstić information content (AvgIpc) is 2.16. The summed E-state index contributed by atoms with van der Waals surface area (Å²) in [6.45, 7) is 0. The third-order valence-corrected chi connectivity index (χ3v) is 2.77. The van der Waals surface area contributed by atoms with E-state index in [9.17, 15) is 0 Å². The molecular weight excluding hydrogens is 320 g/mol. The predicted octanol–water partition coefficient (Wildman–Crippen LogP) is 1.81. The molecule has 2 heteroatoms.